The summed E-state index contributed by atoms with van der Waals surface area (Å²) in [7, 11) is 1.88. The van der Waals surface area contributed by atoms with Gasteiger partial charge in [-0.1, -0.05) is 13.8 Å². The van der Waals surface area contributed by atoms with Gasteiger partial charge in [0, 0.05) is 25.4 Å². The lowest BCUT2D eigenvalue weighted by Crippen LogP contribution is -2.09. The zero-order valence-corrected chi connectivity index (χ0v) is 11.6. The van der Waals surface area contributed by atoms with Crippen LogP contribution in [-0.4, -0.2) is 25.4 Å². The van der Waals surface area contributed by atoms with Crippen LogP contribution in [0.15, 0.2) is 18.3 Å². The van der Waals surface area contributed by atoms with Crippen LogP contribution < -0.4 is 0 Å². The van der Waals surface area contributed by atoms with Crippen molar-refractivity contribution in [3.05, 3.63) is 29.7 Å². The molecule has 2 aromatic heterocycles. The second kappa shape index (κ2) is 5.30. The average Bonchev–Trinajstić information content (AvgIpc) is 2.92. The molecule has 0 aliphatic heterocycles. The van der Waals surface area contributed by atoms with E-state index in [0.717, 1.165) is 29.8 Å². The Hall–Kier alpha value is -2.04. The number of hydrogen-bond acceptors (Lipinski definition) is 2. The van der Waals surface area contributed by atoms with Crippen LogP contribution in [0.4, 0.5) is 0 Å². The number of hydrogen-bond donors (Lipinski definition) is 1. The van der Waals surface area contributed by atoms with E-state index >= 15 is 0 Å². The molecule has 0 fully saturated rings. The maximum atomic E-state index is 11.3. The summed E-state index contributed by atoms with van der Waals surface area (Å²) < 4.78 is 3.64. The van der Waals surface area contributed by atoms with E-state index < -0.39 is 5.97 Å². The van der Waals surface area contributed by atoms with E-state index in [2.05, 4.69) is 12.0 Å². The third-order valence-corrected chi connectivity index (χ3v) is 3.16. The molecule has 0 atom stereocenters. The summed E-state index contributed by atoms with van der Waals surface area (Å²) in [6.07, 6.45) is 3.67. The van der Waals surface area contributed by atoms with E-state index in [4.69, 9.17) is 0 Å². The maximum absolute atomic E-state index is 11.3. The lowest BCUT2D eigenvalue weighted by atomic mass is 10.1. The topological polar surface area (TPSA) is 60.1 Å². The Kier molecular flexibility index (Phi) is 3.74. The molecule has 2 heterocycles. The van der Waals surface area contributed by atoms with Gasteiger partial charge in [0.15, 0.2) is 0 Å². The first-order chi connectivity index (χ1) is 9.08. The summed E-state index contributed by atoms with van der Waals surface area (Å²) in [5, 5.41) is 13.7. The number of nitrogens with zero attached hydrogens (tertiary/aromatic N) is 3. The van der Waals surface area contributed by atoms with E-state index in [1.165, 1.54) is 0 Å². The van der Waals surface area contributed by atoms with Gasteiger partial charge in [-0.2, -0.15) is 5.10 Å². The molecule has 0 bridgehead atoms. The molecule has 5 nitrogen and oxygen atoms in total. The molecule has 0 aliphatic rings. The second-order valence-electron chi connectivity index (χ2n) is 4.58. The van der Waals surface area contributed by atoms with Crippen LogP contribution in [0.2, 0.25) is 0 Å². The zero-order valence-electron chi connectivity index (χ0n) is 11.6. The molecule has 0 spiro atoms. The summed E-state index contributed by atoms with van der Waals surface area (Å²) >= 11 is 0. The largest absolute Gasteiger partial charge is 0.477 e. The van der Waals surface area contributed by atoms with E-state index in [9.17, 15) is 9.90 Å². The fourth-order valence-corrected chi connectivity index (χ4v) is 2.36. The molecule has 5 heteroatoms. The van der Waals surface area contributed by atoms with Crippen molar-refractivity contribution in [2.24, 2.45) is 7.05 Å². The van der Waals surface area contributed by atoms with Crippen LogP contribution >= 0.6 is 0 Å². The van der Waals surface area contributed by atoms with Crippen LogP contribution in [0.1, 0.15) is 36.5 Å². The molecule has 2 rings (SSSR count). The standard InChI is InChI=1S/C14H19N3O2/c1-4-8-17-12(6-7-13(17)14(18)19)10-9-16(3)15-11(10)5-2/h6-7,9H,4-5,8H2,1-3H3,(H,18,19). The maximum Gasteiger partial charge on any atom is 0.352 e. The van der Waals surface area contributed by atoms with E-state index in [1.807, 2.05) is 30.8 Å². The first-order valence-corrected chi connectivity index (χ1v) is 6.54. The smallest absolute Gasteiger partial charge is 0.352 e. The summed E-state index contributed by atoms with van der Waals surface area (Å²) in [6.45, 7) is 4.79. The van der Waals surface area contributed by atoms with Crippen molar-refractivity contribution in [1.29, 1.82) is 0 Å². The molecule has 0 saturated carbocycles. The normalized spacial score (nSPS) is 10.9. The van der Waals surface area contributed by atoms with Gasteiger partial charge in [0.2, 0.25) is 0 Å². The minimum absolute atomic E-state index is 0.336. The van der Waals surface area contributed by atoms with Crippen LogP contribution in [0.5, 0.6) is 0 Å². The van der Waals surface area contributed by atoms with E-state index in [1.54, 1.807) is 10.7 Å². The predicted octanol–water partition coefficient (Wildman–Crippen LogP) is 2.56. The van der Waals surface area contributed by atoms with Crippen LogP contribution in [0.25, 0.3) is 11.3 Å². The molecule has 1 N–H and O–H groups in total. The lowest BCUT2D eigenvalue weighted by molar-refractivity contribution is 0.0685. The Morgan fingerprint density at radius 2 is 2.11 bits per heavy atom. The van der Waals surface area contributed by atoms with Gasteiger partial charge in [-0.25, -0.2) is 4.79 Å². The number of aryl methyl sites for hydroxylation is 2. The van der Waals surface area contributed by atoms with Gasteiger partial charge in [-0.05, 0) is 25.0 Å². The minimum atomic E-state index is -0.887. The molecule has 0 aromatic carbocycles. The Morgan fingerprint density at radius 3 is 2.68 bits per heavy atom. The van der Waals surface area contributed by atoms with Crippen molar-refractivity contribution in [2.45, 2.75) is 33.2 Å². The zero-order chi connectivity index (χ0) is 14.0. The number of carboxylic acid groups (broad SMARTS) is 1. The van der Waals surface area contributed by atoms with Crippen molar-refractivity contribution in [2.75, 3.05) is 0 Å². The third-order valence-electron chi connectivity index (χ3n) is 3.16. The first kappa shape index (κ1) is 13.4. The molecule has 0 unspecified atom stereocenters. The van der Waals surface area contributed by atoms with Gasteiger partial charge in [0.05, 0.1) is 11.4 Å². The average molecular weight is 261 g/mol. The molecular weight excluding hydrogens is 242 g/mol. The predicted molar refractivity (Wildman–Crippen MR) is 73.3 cm³/mol. The van der Waals surface area contributed by atoms with Crippen LogP contribution in [-0.2, 0) is 20.0 Å². The molecule has 102 valence electrons. The summed E-state index contributed by atoms with van der Waals surface area (Å²) in [4.78, 5) is 11.3. The molecule has 0 radical (unpaired) electrons. The summed E-state index contributed by atoms with van der Waals surface area (Å²) in [6, 6.07) is 3.54. The van der Waals surface area contributed by atoms with Crippen molar-refractivity contribution in [1.82, 2.24) is 14.3 Å². The van der Waals surface area contributed by atoms with Gasteiger partial charge in [-0.3, -0.25) is 4.68 Å². The Labute approximate surface area is 112 Å². The number of aromatic nitrogens is 3. The number of aromatic carboxylic acids is 1. The quantitative estimate of drug-likeness (QED) is 0.899. The fourth-order valence-electron chi connectivity index (χ4n) is 2.36. The second-order valence-corrected chi connectivity index (χ2v) is 4.58. The fraction of sp³-hybridized carbons (Fsp3) is 0.429. The van der Waals surface area contributed by atoms with Gasteiger partial charge in [-0.15, -0.1) is 0 Å². The first-order valence-electron chi connectivity index (χ1n) is 6.54. The molecule has 0 amide bonds. The SMILES string of the molecule is CCCn1c(C(=O)O)ccc1-c1cn(C)nc1CC. The highest BCUT2D eigenvalue weighted by atomic mass is 16.4. The van der Waals surface area contributed by atoms with Gasteiger partial charge >= 0.3 is 5.97 Å². The van der Waals surface area contributed by atoms with Gasteiger partial charge < -0.3 is 9.67 Å². The highest BCUT2D eigenvalue weighted by molar-refractivity contribution is 5.87. The Morgan fingerprint density at radius 1 is 1.37 bits per heavy atom. The molecule has 19 heavy (non-hydrogen) atoms. The van der Waals surface area contributed by atoms with Crippen molar-refractivity contribution < 1.29 is 9.90 Å². The number of rotatable bonds is 5. The highest BCUT2D eigenvalue weighted by Gasteiger charge is 2.17. The van der Waals surface area contributed by atoms with Crippen molar-refractivity contribution in [3.8, 4) is 11.3 Å². The van der Waals surface area contributed by atoms with Crippen molar-refractivity contribution >= 4 is 5.97 Å². The molecule has 0 aliphatic carbocycles. The Balaban J connectivity index is 2.58. The molecular formula is C14H19N3O2. The number of carboxylic acids is 1. The lowest BCUT2D eigenvalue weighted by Gasteiger charge is -2.10. The van der Waals surface area contributed by atoms with Crippen molar-refractivity contribution in [3.63, 3.8) is 0 Å². The van der Waals surface area contributed by atoms with Crippen LogP contribution in [0.3, 0.4) is 0 Å². The van der Waals surface area contributed by atoms with E-state index in [-0.39, 0.29) is 0 Å². The molecule has 0 saturated heterocycles. The Bertz CT molecular complexity index is 596. The van der Waals surface area contributed by atoms with E-state index in [0.29, 0.717) is 12.2 Å². The minimum Gasteiger partial charge on any atom is -0.477 e. The van der Waals surface area contributed by atoms with Gasteiger partial charge in [0.25, 0.3) is 0 Å². The van der Waals surface area contributed by atoms with Gasteiger partial charge in [0.1, 0.15) is 5.69 Å². The number of carbonyl (C=O) groups is 1. The monoisotopic (exact) mass is 261 g/mol. The summed E-state index contributed by atoms with van der Waals surface area (Å²) in [5.41, 5.74) is 3.28. The van der Waals surface area contributed by atoms with Crippen LogP contribution in [0, 0.1) is 0 Å². The summed E-state index contributed by atoms with van der Waals surface area (Å²) in [5.74, 6) is -0.887. The highest BCUT2D eigenvalue weighted by Crippen LogP contribution is 2.26. The molecule has 2 aromatic rings. The third kappa shape index (κ3) is 2.41.